The van der Waals surface area contributed by atoms with Gasteiger partial charge in [0.15, 0.2) is 0 Å². The molecule has 0 aliphatic rings. The molecule has 3 aromatic rings. The summed E-state index contributed by atoms with van der Waals surface area (Å²) in [4.78, 5) is 23.0. The third-order valence-corrected chi connectivity index (χ3v) is 3.49. The molecule has 0 saturated carbocycles. The van der Waals surface area contributed by atoms with Crippen molar-refractivity contribution in [3.05, 3.63) is 65.4 Å². The molecule has 4 nitrogen and oxygen atoms in total. The number of rotatable bonds is 3. The van der Waals surface area contributed by atoms with E-state index in [0.717, 1.165) is 5.52 Å². The molecular formula is C16H9ClNO3-. The maximum atomic E-state index is 12.0. The van der Waals surface area contributed by atoms with Crippen molar-refractivity contribution in [2.45, 2.75) is 0 Å². The normalized spacial score (nSPS) is 10.7. The number of hydrogen-bond acceptors (Lipinski definition) is 3. The van der Waals surface area contributed by atoms with Gasteiger partial charge in [0.05, 0.1) is 0 Å². The molecule has 0 atom stereocenters. The van der Waals surface area contributed by atoms with Crippen LogP contribution in [-0.2, 0) is 4.79 Å². The summed E-state index contributed by atoms with van der Waals surface area (Å²) in [6.45, 7) is 0. The van der Waals surface area contributed by atoms with E-state index in [-0.39, 0.29) is 5.69 Å². The van der Waals surface area contributed by atoms with E-state index in [1.807, 2.05) is 6.07 Å². The van der Waals surface area contributed by atoms with E-state index in [2.05, 4.69) is 0 Å². The van der Waals surface area contributed by atoms with Crippen LogP contribution in [0.5, 0.6) is 0 Å². The number of carbonyl (C=O) groups is 2. The summed E-state index contributed by atoms with van der Waals surface area (Å²) >= 11 is 5.85. The van der Waals surface area contributed by atoms with Crippen LogP contribution in [0.4, 0.5) is 0 Å². The minimum Gasteiger partial charge on any atom is -0.541 e. The largest absolute Gasteiger partial charge is 0.541 e. The number of pyridine rings is 1. The highest BCUT2D eigenvalue weighted by atomic mass is 35.5. The van der Waals surface area contributed by atoms with Crippen molar-refractivity contribution in [3.8, 4) is 11.1 Å². The fourth-order valence-corrected chi connectivity index (χ4v) is 2.43. The second-order valence-corrected chi connectivity index (χ2v) is 4.96. The standard InChI is InChI=1S/C16H10ClNO3/c17-11-6-4-10(5-7-11)13-9-12-3-1-2-8-18(12)14(13)15(19)16(20)21/h1-9H,(H,20,21)/p-1. The van der Waals surface area contributed by atoms with E-state index in [4.69, 9.17) is 11.6 Å². The molecular weight excluding hydrogens is 290 g/mol. The number of benzene rings is 1. The van der Waals surface area contributed by atoms with Crippen molar-refractivity contribution in [1.82, 2.24) is 4.40 Å². The van der Waals surface area contributed by atoms with Crippen molar-refractivity contribution in [3.63, 3.8) is 0 Å². The maximum Gasteiger partial charge on any atom is 0.225 e. The fraction of sp³-hybridized carbons (Fsp3) is 0. The lowest BCUT2D eigenvalue weighted by Gasteiger charge is -2.07. The summed E-state index contributed by atoms with van der Waals surface area (Å²) < 4.78 is 1.54. The Kier molecular flexibility index (Phi) is 3.23. The lowest BCUT2D eigenvalue weighted by Crippen LogP contribution is -2.32. The number of carboxylic acids is 1. The Morgan fingerprint density at radius 3 is 2.43 bits per heavy atom. The minimum atomic E-state index is -1.73. The van der Waals surface area contributed by atoms with E-state index < -0.39 is 11.8 Å². The van der Waals surface area contributed by atoms with E-state index in [0.29, 0.717) is 16.1 Å². The van der Waals surface area contributed by atoms with Gasteiger partial charge in [0.2, 0.25) is 5.78 Å². The van der Waals surface area contributed by atoms with Gasteiger partial charge in [0, 0.05) is 22.3 Å². The first-order chi connectivity index (χ1) is 10.1. The molecule has 2 heterocycles. The van der Waals surface area contributed by atoms with Crippen LogP contribution in [0, 0.1) is 0 Å². The monoisotopic (exact) mass is 298 g/mol. The van der Waals surface area contributed by atoms with Crippen LogP contribution in [0.15, 0.2) is 54.7 Å². The molecule has 0 fully saturated rings. The fourth-order valence-electron chi connectivity index (χ4n) is 2.30. The van der Waals surface area contributed by atoms with Gasteiger partial charge >= 0.3 is 0 Å². The Bertz CT molecular complexity index is 850. The third-order valence-electron chi connectivity index (χ3n) is 3.24. The molecule has 5 heteroatoms. The Morgan fingerprint density at radius 2 is 1.76 bits per heavy atom. The maximum absolute atomic E-state index is 12.0. The van der Waals surface area contributed by atoms with E-state index in [1.54, 1.807) is 53.1 Å². The number of halogens is 1. The minimum absolute atomic E-state index is 0.0768. The molecule has 1 aromatic carbocycles. The van der Waals surface area contributed by atoms with Crippen LogP contribution in [-0.4, -0.2) is 16.2 Å². The van der Waals surface area contributed by atoms with Gasteiger partial charge in [0.25, 0.3) is 0 Å². The zero-order chi connectivity index (χ0) is 15.0. The van der Waals surface area contributed by atoms with Gasteiger partial charge < -0.3 is 14.3 Å². The van der Waals surface area contributed by atoms with Crippen molar-refractivity contribution in [1.29, 1.82) is 0 Å². The number of aromatic nitrogens is 1. The molecule has 0 N–H and O–H groups in total. The Labute approximate surface area is 125 Å². The van der Waals surface area contributed by atoms with E-state index >= 15 is 0 Å². The number of carboxylic acid groups (broad SMARTS) is 1. The number of hydrogen-bond donors (Lipinski definition) is 0. The van der Waals surface area contributed by atoms with Gasteiger partial charge in [-0.2, -0.15) is 0 Å². The number of carbonyl (C=O) groups excluding carboxylic acids is 2. The Morgan fingerprint density at radius 1 is 1.05 bits per heavy atom. The highest BCUT2D eigenvalue weighted by Crippen LogP contribution is 2.29. The molecule has 0 aliphatic carbocycles. The Balaban J connectivity index is 2.31. The first kappa shape index (κ1) is 13.4. The summed E-state index contributed by atoms with van der Waals surface area (Å²) in [5, 5.41) is 11.5. The lowest BCUT2D eigenvalue weighted by molar-refractivity contribution is -0.296. The number of aliphatic carboxylic acids is 1. The molecule has 2 aromatic heterocycles. The first-order valence-corrected chi connectivity index (χ1v) is 6.57. The number of Topliss-reactive ketones (excluding diaryl/α,β-unsaturated/α-hetero) is 1. The van der Waals surface area contributed by atoms with Gasteiger partial charge in [-0.05, 0) is 35.9 Å². The number of nitrogens with zero attached hydrogens (tertiary/aromatic N) is 1. The van der Waals surface area contributed by atoms with Crippen LogP contribution in [0.1, 0.15) is 10.5 Å². The predicted molar refractivity (Wildman–Crippen MR) is 77.2 cm³/mol. The molecule has 0 spiro atoms. The molecule has 0 saturated heterocycles. The number of ketones is 1. The molecule has 0 radical (unpaired) electrons. The molecule has 0 unspecified atom stereocenters. The number of fused-ring (bicyclic) bond motifs is 1. The highest BCUT2D eigenvalue weighted by Gasteiger charge is 2.19. The third kappa shape index (κ3) is 2.30. The van der Waals surface area contributed by atoms with Crippen molar-refractivity contribution in [2.75, 3.05) is 0 Å². The molecule has 104 valence electrons. The smallest absolute Gasteiger partial charge is 0.225 e. The van der Waals surface area contributed by atoms with Crippen LogP contribution < -0.4 is 5.11 Å². The topological polar surface area (TPSA) is 61.6 Å². The van der Waals surface area contributed by atoms with Crippen LogP contribution >= 0.6 is 11.6 Å². The second-order valence-electron chi connectivity index (χ2n) is 4.53. The molecule has 0 amide bonds. The van der Waals surface area contributed by atoms with Gasteiger partial charge in [-0.1, -0.05) is 29.8 Å². The molecule has 21 heavy (non-hydrogen) atoms. The molecule has 3 rings (SSSR count). The van der Waals surface area contributed by atoms with Crippen molar-refractivity contribution in [2.24, 2.45) is 0 Å². The molecule has 0 bridgehead atoms. The average molecular weight is 299 g/mol. The lowest BCUT2D eigenvalue weighted by atomic mass is 10.0. The van der Waals surface area contributed by atoms with Gasteiger partial charge in [-0.15, -0.1) is 0 Å². The zero-order valence-electron chi connectivity index (χ0n) is 10.7. The van der Waals surface area contributed by atoms with Crippen LogP contribution in [0.3, 0.4) is 0 Å². The van der Waals surface area contributed by atoms with E-state index in [1.165, 1.54) is 0 Å². The van der Waals surface area contributed by atoms with Crippen LogP contribution in [0.25, 0.3) is 16.6 Å². The highest BCUT2D eigenvalue weighted by molar-refractivity contribution is 6.40. The van der Waals surface area contributed by atoms with Gasteiger partial charge in [0.1, 0.15) is 11.7 Å². The summed E-state index contributed by atoms with van der Waals surface area (Å²) in [6.07, 6.45) is 1.64. The summed E-state index contributed by atoms with van der Waals surface area (Å²) in [6, 6.07) is 14.0. The summed E-state index contributed by atoms with van der Waals surface area (Å²) in [5.41, 5.74) is 2.06. The first-order valence-electron chi connectivity index (χ1n) is 6.19. The summed E-state index contributed by atoms with van der Waals surface area (Å²) in [5.74, 6) is -2.78. The molecule has 0 aliphatic heterocycles. The van der Waals surface area contributed by atoms with Crippen molar-refractivity contribution < 1.29 is 14.7 Å². The van der Waals surface area contributed by atoms with Gasteiger partial charge in [-0.25, -0.2) is 0 Å². The van der Waals surface area contributed by atoms with E-state index in [9.17, 15) is 14.7 Å². The quantitative estimate of drug-likeness (QED) is 0.550. The average Bonchev–Trinajstić information content (AvgIpc) is 2.86. The summed E-state index contributed by atoms with van der Waals surface area (Å²) in [7, 11) is 0. The second kappa shape index (κ2) is 5.07. The zero-order valence-corrected chi connectivity index (χ0v) is 11.5. The van der Waals surface area contributed by atoms with Crippen LogP contribution in [0.2, 0.25) is 5.02 Å². The van der Waals surface area contributed by atoms with Crippen molar-refractivity contribution >= 4 is 28.9 Å². The Hall–Kier alpha value is -2.59. The SMILES string of the molecule is O=C([O-])C(=O)c1c(-c2ccc(Cl)cc2)cc2ccccn12. The van der Waals surface area contributed by atoms with Gasteiger partial charge in [-0.3, -0.25) is 4.79 Å². The predicted octanol–water partition coefficient (Wildman–Crippen LogP) is 2.19.